The van der Waals surface area contributed by atoms with Gasteiger partial charge in [-0.2, -0.15) is 0 Å². The van der Waals surface area contributed by atoms with E-state index in [-0.39, 0.29) is 0 Å². The highest BCUT2D eigenvalue weighted by Crippen LogP contribution is 2.19. The number of aliphatic carboxylic acids is 1. The van der Waals surface area contributed by atoms with Crippen molar-refractivity contribution in [2.75, 3.05) is 25.2 Å². The SMILES string of the molecule is CN(c1ccc(/C=C/C(=O)O)cn1)C1CCOCC1. The Hall–Kier alpha value is -1.88. The number of aromatic nitrogens is 1. The molecule has 1 aromatic rings. The third-order valence-corrected chi connectivity index (χ3v) is 3.29. The van der Waals surface area contributed by atoms with Gasteiger partial charge in [-0.05, 0) is 36.6 Å². The molecule has 1 aliphatic heterocycles. The standard InChI is InChI=1S/C14H18N2O3/c1-16(12-6-8-19-9-7-12)13-4-2-11(10-15-13)3-5-14(17)18/h2-5,10,12H,6-9H2,1H3,(H,17,18)/b5-3+. The second kappa shape index (κ2) is 6.33. The third kappa shape index (κ3) is 3.79. The van der Waals surface area contributed by atoms with Crippen LogP contribution in [0.4, 0.5) is 5.82 Å². The molecule has 1 aliphatic rings. The molecule has 0 unspecified atom stereocenters. The average molecular weight is 262 g/mol. The van der Waals surface area contributed by atoms with Crippen LogP contribution in [-0.2, 0) is 9.53 Å². The summed E-state index contributed by atoms with van der Waals surface area (Å²) in [6.45, 7) is 1.60. The normalized spacial score (nSPS) is 16.7. The number of carbonyl (C=O) groups is 1. The molecule has 5 heteroatoms. The van der Waals surface area contributed by atoms with Crippen molar-refractivity contribution in [3.8, 4) is 0 Å². The van der Waals surface area contributed by atoms with Gasteiger partial charge < -0.3 is 14.7 Å². The molecule has 0 atom stereocenters. The summed E-state index contributed by atoms with van der Waals surface area (Å²) in [6.07, 6.45) is 6.36. The number of hydrogen-bond donors (Lipinski definition) is 1. The average Bonchev–Trinajstić information content (AvgIpc) is 2.46. The fraction of sp³-hybridized carbons (Fsp3) is 0.429. The Morgan fingerprint density at radius 3 is 2.79 bits per heavy atom. The Morgan fingerprint density at radius 1 is 1.47 bits per heavy atom. The topological polar surface area (TPSA) is 62.7 Å². The van der Waals surface area contributed by atoms with Crippen LogP contribution in [0, 0.1) is 0 Å². The van der Waals surface area contributed by atoms with Crippen LogP contribution >= 0.6 is 0 Å². The fourth-order valence-electron chi connectivity index (χ4n) is 2.13. The number of ether oxygens (including phenoxy) is 1. The maximum Gasteiger partial charge on any atom is 0.328 e. The van der Waals surface area contributed by atoms with E-state index in [0.717, 1.165) is 43.5 Å². The lowest BCUT2D eigenvalue weighted by Crippen LogP contribution is -2.37. The third-order valence-electron chi connectivity index (χ3n) is 3.29. The summed E-state index contributed by atoms with van der Waals surface area (Å²) in [7, 11) is 2.03. The molecule has 0 bridgehead atoms. The summed E-state index contributed by atoms with van der Waals surface area (Å²) in [5, 5.41) is 8.56. The highest BCUT2D eigenvalue weighted by Gasteiger charge is 2.19. The molecular formula is C14H18N2O3. The van der Waals surface area contributed by atoms with Crippen molar-refractivity contribution in [2.45, 2.75) is 18.9 Å². The first kappa shape index (κ1) is 13.5. The molecule has 2 rings (SSSR count). The van der Waals surface area contributed by atoms with Crippen molar-refractivity contribution in [3.05, 3.63) is 30.0 Å². The van der Waals surface area contributed by atoms with Crippen LogP contribution in [-0.4, -0.2) is 42.4 Å². The van der Waals surface area contributed by atoms with E-state index in [1.54, 1.807) is 6.20 Å². The highest BCUT2D eigenvalue weighted by atomic mass is 16.5. The first-order valence-electron chi connectivity index (χ1n) is 6.34. The monoisotopic (exact) mass is 262 g/mol. The van der Waals surface area contributed by atoms with Gasteiger partial charge >= 0.3 is 5.97 Å². The van der Waals surface area contributed by atoms with Crippen LogP contribution in [0.3, 0.4) is 0 Å². The van der Waals surface area contributed by atoms with Crippen molar-refractivity contribution in [1.82, 2.24) is 4.98 Å². The van der Waals surface area contributed by atoms with Crippen LogP contribution < -0.4 is 4.90 Å². The Kier molecular flexibility index (Phi) is 4.52. The van der Waals surface area contributed by atoms with Crippen LogP contribution in [0.5, 0.6) is 0 Å². The molecule has 0 amide bonds. The zero-order chi connectivity index (χ0) is 13.7. The molecule has 1 fully saturated rings. The quantitative estimate of drug-likeness (QED) is 0.838. The number of anilines is 1. The van der Waals surface area contributed by atoms with E-state index < -0.39 is 5.97 Å². The van der Waals surface area contributed by atoms with Gasteiger partial charge in [-0.3, -0.25) is 0 Å². The molecule has 1 saturated heterocycles. The number of nitrogens with zero attached hydrogens (tertiary/aromatic N) is 2. The minimum atomic E-state index is -0.955. The second-order valence-electron chi connectivity index (χ2n) is 4.58. The van der Waals surface area contributed by atoms with Crippen molar-refractivity contribution >= 4 is 17.9 Å². The first-order chi connectivity index (χ1) is 9.16. The molecule has 0 radical (unpaired) electrons. The van der Waals surface area contributed by atoms with Crippen LogP contribution in [0.15, 0.2) is 24.4 Å². The predicted octanol–water partition coefficient (Wildman–Crippen LogP) is 1.79. The van der Waals surface area contributed by atoms with E-state index in [0.29, 0.717) is 6.04 Å². The number of carboxylic acids is 1. The predicted molar refractivity (Wildman–Crippen MR) is 73.2 cm³/mol. The largest absolute Gasteiger partial charge is 0.478 e. The molecule has 0 aromatic carbocycles. The van der Waals surface area contributed by atoms with Gasteiger partial charge in [-0.1, -0.05) is 0 Å². The van der Waals surface area contributed by atoms with Crippen molar-refractivity contribution in [2.24, 2.45) is 0 Å². The maximum atomic E-state index is 10.4. The van der Waals surface area contributed by atoms with Gasteiger partial charge in [0.05, 0.1) is 0 Å². The maximum absolute atomic E-state index is 10.4. The van der Waals surface area contributed by atoms with E-state index in [1.807, 2.05) is 19.2 Å². The van der Waals surface area contributed by atoms with Crippen LogP contribution in [0.25, 0.3) is 6.08 Å². The minimum absolute atomic E-state index is 0.460. The summed E-state index contributed by atoms with van der Waals surface area (Å²) in [6, 6.07) is 4.25. The van der Waals surface area contributed by atoms with E-state index in [9.17, 15) is 4.79 Å². The van der Waals surface area contributed by atoms with Crippen LogP contribution in [0.2, 0.25) is 0 Å². The van der Waals surface area contributed by atoms with Gasteiger partial charge in [-0.25, -0.2) is 9.78 Å². The number of pyridine rings is 1. The molecule has 0 spiro atoms. The van der Waals surface area contributed by atoms with Gasteiger partial charge in [0.15, 0.2) is 0 Å². The lowest BCUT2D eigenvalue weighted by atomic mass is 10.1. The molecule has 1 aromatic heterocycles. The van der Waals surface area contributed by atoms with Gasteiger partial charge in [0.2, 0.25) is 0 Å². The Bertz CT molecular complexity index is 450. The van der Waals surface area contributed by atoms with Gasteiger partial charge in [-0.15, -0.1) is 0 Å². The summed E-state index contributed by atoms with van der Waals surface area (Å²) >= 11 is 0. The lowest BCUT2D eigenvalue weighted by molar-refractivity contribution is -0.131. The van der Waals surface area contributed by atoms with Gasteiger partial charge in [0.25, 0.3) is 0 Å². The zero-order valence-corrected chi connectivity index (χ0v) is 11.0. The second-order valence-corrected chi connectivity index (χ2v) is 4.58. The van der Waals surface area contributed by atoms with E-state index in [2.05, 4.69) is 9.88 Å². The van der Waals surface area contributed by atoms with Gasteiger partial charge in [0, 0.05) is 38.6 Å². The molecule has 0 saturated carbocycles. The van der Waals surface area contributed by atoms with Crippen molar-refractivity contribution in [3.63, 3.8) is 0 Å². The van der Waals surface area contributed by atoms with Crippen molar-refractivity contribution < 1.29 is 14.6 Å². The smallest absolute Gasteiger partial charge is 0.328 e. The van der Waals surface area contributed by atoms with E-state index in [4.69, 9.17) is 9.84 Å². The molecular weight excluding hydrogens is 244 g/mol. The van der Waals surface area contributed by atoms with E-state index in [1.165, 1.54) is 6.08 Å². The Balaban J connectivity index is 2.02. The summed E-state index contributed by atoms with van der Waals surface area (Å²) in [4.78, 5) is 17.0. The molecule has 2 heterocycles. The van der Waals surface area contributed by atoms with Gasteiger partial charge in [0.1, 0.15) is 5.82 Å². The van der Waals surface area contributed by atoms with E-state index >= 15 is 0 Å². The Labute approximate surface area is 112 Å². The number of hydrogen-bond acceptors (Lipinski definition) is 4. The minimum Gasteiger partial charge on any atom is -0.478 e. The summed E-state index contributed by atoms with van der Waals surface area (Å²) < 4.78 is 5.35. The van der Waals surface area contributed by atoms with Crippen LogP contribution in [0.1, 0.15) is 18.4 Å². The number of rotatable bonds is 4. The highest BCUT2D eigenvalue weighted by molar-refractivity contribution is 5.85. The molecule has 0 aliphatic carbocycles. The molecule has 102 valence electrons. The first-order valence-corrected chi connectivity index (χ1v) is 6.34. The van der Waals surface area contributed by atoms with Crippen molar-refractivity contribution in [1.29, 1.82) is 0 Å². The summed E-state index contributed by atoms with van der Waals surface area (Å²) in [5.41, 5.74) is 0.784. The molecule has 5 nitrogen and oxygen atoms in total. The number of carboxylic acid groups (broad SMARTS) is 1. The molecule has 19 heavy (non-hydrogen) atoms. The zero-order valence-electron chi connectivity index (χ0n) is 11.0. The molecule has 1 N–H and O–H groups in total. The summed E-state index contributed by atoms with van der Waals surface area (Å²) in [5.74, 6) is -0.0530. The lowest BCUT2D eigenvalue weighted by Gasteiger charge is -2.32. The Morgan fingerprint density at radius 2 is 2.21 bits per heavy atom. The fourth-order valence-corrected chi connectivity index (χ4v) is 2.13.